The highest BCUT2D eigenvalue weighted by atomic mass is 127. The molecule has 1 aromatic rings. The summed E-state index contributed by atoms with van der Waals surface area (Å²) in [4.78, 5) is 4.19. The first kappa shape index (κ1) is 21.6. The standard InChI is InChI=1S/C13H24N4O2S2.HI/c1-2-3-4-5-8-15-13(14)16-9-10-17-21(18,19)12-7-6-11-20-12;/h6-7,11,17H,2-5,8-10H2,1H3,(H3,14,15,16);1H. The van der Waals surface area contributed by atoms with Gasteiger partial charge in [0, 0.05) is 19.6 Å². The Labute approximate surface area is 154 Å². The summed E-state index contributed by atoms with van der Waals surface area (Å²) in [6, 6.07) is 3.28. The maximum absolute atomic E-state index is 11.8. The molecule has 0 fully saturated rings. The highest BCUT2D eigenvalue weighted by Gasteiger charge is 2.13. The predicted octanol–water partition coefficient (Wildman–Crippen LogP) is 2.13. The molecular formula is C13H25IN4O2S2. The van der Waals surface area contributed by atoms with Crippen molar-refractivity contribution in [1.82, 2.24) is 10.0 Å². The molecule has 6 nitrogen and oxygen atoms in total. The van der Waals surface area contributed by atoms with Crippen LogP contribution in [0.1, 0.15) is 32.6 Å². The van der Waals surface area contributed by atoms with Gasteiger partial charge in [-0.1, -0.05) is 32.3 Å². The number of nitrogens with two attached hydrogens (primary N) is 1. The van der Waals surface area contributed by atoms with Crippen LogP contribution >= 0.6 is 35.3 Å². The van der Waals surface area contributed by atoms with E-state index in [1.807, 2.05) is 0 Å². The van der Waals surface area contributed by atoms with Gasteiger partial charge in [0.25, 0.3) is 0 Å². The van der Waals surface area contributed by atoms with Crippen molar-refractivity contribution in [3.8, 4) is 0 Å². The molecule has 4 N–H and O–H groups in total. The second-order valence-electron chi connectivity index (χ2n) is 4.58. The van der Waals surface area contributed by atoms with E-state index in [0.717, 1.165) is 12.8 Å². The average molecular weight is 460 g/mol. The first-order chi connectivity index (χ1) is 10.1. The Hall–Kier alpha value is -0.390. The Kier molecular flexibility index (Phi) is 11.9. The molecule has 9 heteroatoms. The molecular weight excluding hydrogens is 435 g/mol. The maximum atomic E-state index is 11.8. The number of unbranched alkanes of at least 4 members (excludes halogenated alkanes) is 3. The van der Waals surface area contributed by atoms with Gasteiger partial charge in [0.2, 0.25) is 10.0 Å². The van der Waals surface area contributed by atoms with Crippen molar-refractivity contribution in [3.05, 3.63) is 17.5 Å². The topological polar surface area (TPSA) is 96.6 Å². The molecule has 0 aliphatic carbocycles. The molecule has 0 radical (unpaired) electrons. The van der Waals surface area contributed by atoms with E-state index in [0.29, 0.717) is 23.3 Å². The third-order valence-electron chi connectivity index (χ3n) is 2.78. The van der Waals surface area contributed by atoms with E-state index in [4.69, 9.17) is 5.73 Å². The Bertz CT molecular complexity index is 518. The molecule has 1 heterocycles. The zero-order valence-corrected chi connectivity index (χ0v) is 16.7. The van der Waals surface area contributed by atoms with Crippen molar-refractivity contribution in [3.63, 3.8) is 0 Å². The fourth-order valence-corrected chi connectivity index (χ4v) is 3.73. The highest BCUT2D eigenvalue weighted by molar-refractivity contribution is 14.0. The van der Waals surface area contributed by atoms with Gasteiger partial charge in [-0.3, -0.25) is 4.99 Å². The summed E-state index contributed by atoms with van der Waals surface area (Å²) in [6.07, 6.45) is 4.60. The fraction of sp³-hybridized carbons (Fsp3) is 0.615. The summed E-state index contributed by atoms with van der Waals surface area (Å²) in [7, 11) is -3.39. The lowest BCUT2D eigenvalue weighted by Gasteiger charge is -2.07. The fourth-order valence-electron chi connectivity index (χ4n) is 1.66. The third-order valence-corrected chi connectivity index (χ3v) is 5.64. The van der Waals surface area contributed by atoms with Crippen LogP contribution in [0.3, 0.4) is 0 Å². The summed E-state index contributed by atoms with van der Waals surface area (Å²) in [5.41, 5.74) is 5.70. The number of thiophene rings is 1. The SMILES string of the molecule is CCCCCCN=C(N)NCCNS(=O)(=O)c1cccs1.I. The number of nitrogens with one attached hydrogen (secondary N) is 2. The summed E-state index contributed by atoms with van der Waals surface area (Å²) in [5, 5.41) is 4.63. The van der Waals surface area contributed by atoms with Gasteiger partial charge in [0.05, 0.1) is 0 Å². The van der Waals surface area contributed by atoms with Crippen LogP contribution in [0.5, 0.6) is 0 Å². The number of guanidine groups is 1. The van der Waals surface area contributed by atoms with E-state index in [1.54, 1.807) is 17.5 Å². The van der Waals surface area contributed by atoms with E-state index in [1.165, 1.54) is 24.2 Å². The minimum Gasteiger partial charge on any atom is -0.370 e. The van der Waals surface area contributed by atoms with Gasteiger partial charge in [0.15, 0.2) is 5.96 Å². The number of sulfonamides is 1. The van der Waals surface area contributed by atoms with Crippen LogP contribution in [0.2, 0.25) is 0 Å². The smallest absolute Gasteiger partial charge is 0.250 e. The van der Waals surface area contributed by atoms with Crippen LogP contribution in [0.15, 0.2) is 26.7 Å². The van der Waals surface area contributed by atoms with Crippen molar-refractivity contribution < 1.29 is 8.42 Å². The molecule has 0 aliphatic rings. The zero-order chi connectivity index (χ0) is 15.6. The lowest BCUT2D eigenvalue weighted by Crippen LogP contribution is -2.38. The van der Waals surface area contributed by atoms with Crippen molar-refractivity contribution in [2.24, 2.45) is 10.7 Å². The van der Waals surface area contributed by atoms with Crippen molar-refractivity contribution in [2.75, 3.05) is 19.6 Å². The first-order valence-corrected chi connectivity index (χ1v) is 9.49. The van der Waals surface area contributed by atoms with Gasteiger partial charge in [0.1, 0.15) is 4.21 Å². The number of halogens is 1. The van der Waals surface area contributed by atoms with E-state index in [2.05, 4.69) is 22.0 Å². The summed E-state index contributed by atoms with van der Waals surface area (Å²) < 4.78 is 26.5. The number of rotatable bonds is 10. The second kappa shape index (κ2) is 12.1. The van der Waals surface area contributed by atoms with Gasteiger partial charge >= 0.3 is 0 Å². The Morgan fingerprint density at radius 2 is 2.09 bits per heavy atom. The van der Waals surface area contributed by atoms with Crippen LogP contribution in [-0.2, 0) is 10.0 Å². The minimum atomic E-state index is -3.39. The largest absolute Gasteiger partial charge is 0.370 e. The van der Waals surface area contributed by atoms with Crippen LogP contribution < -0.4 is 15.8 Å². The van der Waals surface area contributed by atoms with Crippen LogP contribution in [-0.4, -0.2) is 34.0 Å². The molecule has 128 valence electrons. The monoisotopic (exact) mass is 460 g/mol. The van der Waals surface area contributed by atoms with Gasteiger partial charge in [-0.15, -0.1) is 35.3 Å². The lowest BCUT2D eigenvalue weighted by molar-refractivity contribution is 0.583. The molecule has 0 amide bonds. The lowest BCUT2D eigenvalue weighted by atomic mass is 10.2. The van der Waals surface area contributed by atoms with Gasteiger partial charge < -0.3 is 11.1 Å². The quantitative estimate of drug-likeness (QED) is 0.216. The van der Waals surface area contributed by atoms with E-state index < -0.39 is 10.0 Å². The molecule has 1 rings (SSSR count). The Morgan fingerprint density at radius 3 is 2.73 bits per heavy atom. The minimum absolute atomic E-state index is 0. The normalized spacial score (nSPS) is 12.0. The number of hydrogen-bond acceptors (Lipinski definition) is 4. The maximum Gasteiger partial charge on any atom is 0.250 e. The van der Waals surface area contributed by atoms with Gasteiger partial charge in [-0.2, -0.15) is 0 Å². The third kappa shape index (κ3) is 8.91. The van der Waals surface area contributed by atoms with Crippen molar-refractivity contribution >= 4 is 51.3 Å². The molecule has 0 saturated carbocycles. The summed E-state index contributed by atoms with van der Waals surface area (Å²) >= 11 is 1.19. The summed E-state index contributed by atoms with van der Waals surface area (Å²) in [5.74, 6) is 0.363. The van der Waals surface area contributed by atoms with E-state index >= 15 is 0 Å². The predicted molar refractivity (Wildman–Crippen MR) is 104 cm³/mol. The molecule has 0 bridgehead atoms. The first-order valence-electron chi connectivity index (χ1n) is 7.13. The van der Waals surface area contributed by atoms with Crippen molar-refractivity contribution in [2.45, 2.75) is 36.8 Å². The average Bonchev–Trinajstić information content (AvgIpc) is 2.98. The molecule has 0 aromatic carbocycles. The van der Waals surface area contributed by atoms with Crippen LogP contribution in [0.4, 0.5) is 0 Å². The number of aliphatic imine (C=N–C) groups is 1. The van der Waals surface area contributed by atoms with E-state index in [-0.39, 0.29) is 30.5 Å². The molecule has 0 unspecified atom stereocenters. The number of hydrogen-bond donors (Lipinski definition) is 3. The van der Waals surface area contributed by atoms with Gasteiger partial charge in [-0.25, -0.2) is 13.1 Å². The molecule has 1 aromatic heterocycles. The van der Waals surface area contributed by atoms with E-state index in [9.17, 15) is 8.42 Å². The molecule has 0 saturated heterocycles. The second-order valence-corrected chi connectivity index (χ2v) is 7.53. The molecule has 0 aliphatic heterocycles. The zero-order valence-electron chi connectivity index (χ0n) is 12.7. The highest BCUT2D eigenvalue weighted by Crippen LogP contribution is 2.14. The van der Waals surface area contributed by atoms with Crippen LogP contribution in [0, 0.1) is 0 Å². The van der Waals surface area contributed by atoms with Gasteiger partial charge in [-0.05, 0) is 17.9 Å². The Morgan fingerprint density at radius 1 is 1.32 bits per heavy atom. The van der Waals surface area contributed by atoms with Crippen molar-refractivity contribution in [1.29, 1.82) is 0 Å². The molecule has 0 atom stereocenters. The number of nitrogens with zero attached hydrogens (tertiary/aromatic N) is 1. The Balaban J connectivity index is 0.00000441. The molecule has 22 heavy (non-hydrogen) atoms. The van der Waals surface area contributed by atoms with Crippen LogP contribution in [0.25, 0.3) is 0 Å². The summed E-state index contributed by atoms with van der Waals surface area (Å²) in [6.45, 7) is 3.55. The molecule has 0 spiro atoms.